The van der Waals surface area contributed by atoms with Crippen molar-refractivity contribution >= 4 is 22.8 Å². The fraction of sp³-hybridized carbons (Fsp3) is 0.353. The summed E-state index contributed by atoms with van der Waals surface area (Å²) in [6, 6.07) is 8.85. The number of carboxylic acids is 1. The third-order valence-corrected chi connectivity index (χ3v) is 3.99. The molecule has 23 heavy (non-hydrogen) atoms. The van der Waals surface area contributed by atoms with E-state index < -0.39 is 12.0 Å². The number of benzene rings is 1. The van der Waals surface area contributed by atoms with Gasteiger partial charge in [0.15, 0.2) is 0 Å². The first-order valence-corrected chi connectivity index (χ1v) is 7.53. The molecular formula is C17H18N2O4. The molecule has 120 valence electrons. The van der Waals surface area contributed by atoms with Crippen LogP contribution in [0, 0.1) is 6.92 Å². The van der Waals surface area contributed by atoms with Gasteiger partial charge in [-0.25, -0.2) is 0 Å². The number of pyridine rings is 1. The van der Waals surface area contributed by atoms with E-state index in [9.17, 15) is 9.59 Å². The number of fused-ring (bicyclic) bond motifs is 1. The van der Waals surface area contributed by atoms with Crippen molar-refractivity contribution in [3.8, 4) is 0 Å². The highest BCUT2D eigenvalue weighted by Gasteiger charge is 2.30. The lowest BCUT2D eigenvalue weighted by atomic mass is 10.1. The Labute approximate surface area is 133 Å². The summed E-state index contributed by atoms with van der Waals surface area (Å²) in [6.45, 7) is 2.93. The third kappa shape index (κ3) is 3.17. The van der Waals surface area contributed by atoms with E-state index in [0.29, 0.717) is 24.2 Å². The number of aryl methyl sites for hydroxylation is 1. The molecule has 1 fully saturated rings. The van der Waals surface area contributed by atoms with E-state index in [0.717, 1.165) is 11.1 Å². The Morgan fingerprint density at radius 1 is 1.35 bits per heavy atom. The monoisotopic (exact) mass is 314 g/mol. The van der Waals surface area contributed by atoms with Gasteiger partial charge in [0.1, 0.15) is 0 Å². The summed E-state index contributed by atoms with van der Waals surface area (Å²) < 4.78 is 5.33. The van der Waals surface area contributed by atoms with Gasteiger partial charge in [0.25, 0.3) is 5.91 Å². The van der Waals surface area contributed by atoms with Crippen LogP contribution >= 0.6 is 0 Å². The zero-order valence-corrected chi connectivity index (χ0v) is 12.9. The number of nitrogens with zero attached hydrogens (tertiary/aromatic N) is 2. The van der Waals surface area contributed by atoms with Crippen LogP contribution in [-0.2, 0) is 9.53 Å². The van der Waals surface area contributed by atoms with Gasteiger partial charge in [-0.05, 0) is 19.1 Å². The van der Waals surface area contributed by atoms with Crippen LogP contribution in [0.5, 0.6) is 0 Å². The quantitative estimate of drug-likeness (QED) is 0.935. The van der Waals surface area contributed by atoms with Gasteiger partial charge in [-0.15, -0.1) is 0 Å². The van der Waals surface area contributed by atoms with E-state index in [1.54, 1.807) is 11.0 Å². The molecule has 1 aliphatic rings. The number of carboxylic acid groups (broad SMARTS) is 1. The van der Waals surface area contributed by atoms with E-state index in [1.165, 1.54) is 0 Å². The minimum atomic E-state index is -0.940. The van der Waals surface area contributed by atoms with E-state index in [2.05, 4.69) is 4.98 Å². The Balaban J connectivity index is 1.98. The molecule has 6 nitrogen and oxygen atoms in total. The molecule has 1 aromatic carbocycles. The minimum absolute atomic E-state index is 0.122. The molecule has 1 saturated heterocycles. The fourth-order valence-corrected chi connectivity index (χ4v) is 2.86. The van der Waals surface area contributed by atoms with Crippen molar-refractivity contribution in [3.63, 3.8) is 0 Å². The van der Waals surface area contributed by atoms with E-state index >= 15 is 0 Å². The summed E-state index contributed by atoms with van der Waals surface area (Å²) in [7, 11) is 0. The van der Waals surface area contributed by atoms with Gasteiger partial charge in [-0.3, -0.25) is 14.6 Å². The maximum atomic E-state index is 13.0. The number of hydrogen-bond donors (Lipinski definition) is 1. The minimum Gasteiger partial charge on any atom is -0.481 e. The Morgan fingerprint density at radius 2 is 2.17 bits per heavy atom. The molecule has 2 aromatic rings. The number of amides is 1. The van der Waals surface area contributed by atoms with Gasteiger partial charge < -0.3 is 14.7 Å². The average molecular weight is 314 g/mol. The van der Waals surface area contributed by atoms with Crippen molar-refractivity contribution in [2.45, 2.75) is 19.4 Å². The molecule has 1 aliphatic heterocycles. The van der Waals surface area contributed by atoms with E-state index in [1.807, 2.05) is 31.2 Å². The van der Waals surface area contributed by atoms with Crippen molar-refractivity contribution in [3.05, 3.63) is 41.6 Å². The van der Waals surface area contributed by atoms with Crippen molar-refractivity contribution in [1.29, 1.82) is 0 Å². The predicted molar refractivity (Wildman–Crippen MR) is 84.4 cm³/mol. The van der Waals surface area contributed by atoms with E-state index in [-0.39, 0.29) is 18.9 Å². The summed E-state index contributed by atoms with van der Waals surface area (Å²) in [6.07, 6.45) is -0.122. The summed E-state index contributed by atoms with van der Waals surface area (Å²) in [4.78, 5) is 30.1. The van der Waals surface area contributed by atoms with Crippen LogP contribution in [0.15, 0.2) is 30.3 Å². The molecule has 0 unspecified atom stereocenters. The largest absolute Gasteiger partial charge is 0.481 e. The molecule has 1 amide bonds. The number of carbonyl (C=O) groups is 2. The van der Waals surface area contributed by atoms with Crippen molar-refractivity contribution < 1.29 is 19.4 Å². The summed E-state index contributed by atoms with van der Waals surface area (Å²) in [5, 5.41) is 9.93. The lowest BCUT2D eigenvalue weighted by Gasteiger charge is -2.35. The van der Waals surface area contributed by atoms with Gasteiger partial charge in [0.2, 0.25) is 0 Å². The smallest absolute Gasteiger partial charge is 0.305 e. The zero-order valence-electron chi connectivity index (χ0n) is 12.9. The molecular weight excluding hydrogens is 296 g/mol. The van der Waals surface area contributed by atoms with Crippen LogP contribution in [0.3, 0.4) is 0 Å². The number of aliphatic carboxylic acids is 1. The number of ether oxygens (including phenoxy) is 1. The molecule has 0 aliphatic carbocycles. The molecule has 0 saturated carbocycles. The molecule has 0 spiro atoms. The first kappa shape index (κ1) is 15.4. The topological polar surface area (TPSA) is 79.7 Å². The maximum absolute atomic E-state index is 13.0. The first-order chi connectivity index (χ1) is 11.1. The van der Waals surface area contributed by atoms with Crippen LogP contribution in [0.1, 0.15) is 22.5 Å². The molecule has 1 atom stereocenters. The van der Waals surface area contributed by atoms with Gasteiger partial charge in [-0.2, -0.15) is 0 Å². The highest BCUT2D eigenvalue weighted by Crippen LogP contribution is 2.21. The van der Waals surface area contributed by atoms with Crippen LogP contribution in [0.4, 0.5) is 0 Å². The summed E-state index contributed by atoms with van der Waals surface area (Å²) in [5.41, 5.74) is 1.99. The highest BCUT2D eigenvalue weighted by molar-refractivity contribution is 6.05. The number of morpholine rings is 1. The molecule has 1 N–H and O–H groups in total. The Hall–Kier alpha value is -2.47. The van der Waals surface area contributed by atoms with Gasteiger partial charge in [0, 0.05) is 17.6 Å². The van der Waals surface area contributed by atoms with Crippen LogP contribution < -0.4 is 0 Å². The van der Waals surface area contributed by atoms with Crippen LogP contribution in [0.2, 0.25) is 0 Å². The molecule has 1 aromatic heterocycles. The zero-order chi connectivity index (χ0) is 16.4. The second kappa shape index (κ2) is 6.34. The lowest BCUT2D eigenvalue weighted by Crippen LogP contribution is -2.49. The number of aromatic nitrogens is 1. The van der Waals surface area contributed by atoms with E-state index in [4.69, 9.17) is 9.84 Å². The van der Waals surface area contributed by atoms with Crippen molar-refractivity contribution in [2.24, 2.45) is 0 Å². The Morgan fingerprint density at radius 3 is 2.96 bits per heavy atom. The van der Waals surface area contributed by atoms with Crippen molar-refractivity contribution in [2.75, 3.05) is 19.8 Å². The maximum Gasteiger partial charge on any atom is 0.305 e. The van der Waals surface area contributed by atoms with Crippen LogP contribution in [0.25, 0.3) is 10.9 Å². The van der Waals surface area contributed by atoms with Crippen LogP contribution in [-0.4, -0.2) is 52.7 Å². The SMILES string of the molecule is Cc1ccc2cccc(C(=O)N3CCOC[C@H]3CC(=O)O)c2n1. The highest BCUT2D eigenvalue weighted by atomic mass is 16.5. The normalized spacial score (nSPS) is 18.1. The Kier molecular flexibility index (Phi) is 4.25. The first-order valence-electron chi connectivity index (χ1n) is 7.53. The Bertz CT molecular complexity index is 759. The molecule has 0 radical (unpaired) electrons. The second-order valence-corrected chi connectivity index (χ2v) is 5.66. The number of hydrogen-bond acceptors (Lipinski definition) is 4. The predicted octanol–water partition coefficient (Wildman–Crippen LogP) is 1.86. The van der Waals surface area contributed by atoms with Gasteiger partial charge in [0.05, 0.1) is 36.8 Å². The fourth-order valence-electron chi connectivity index (χ4n) is 2.86. The summed E-state index contributed by atoms with van der Waals surface area (Å²) in [5.74, 6) is -1.13. The third-order valence-electron chi connectivity index (χ3n) is 3.99. The van der Waals surface area contributed by atoms with Crippen molar-refractivity contribution in [1.82, 2.24) is 9.88 Å². The molecule has 0 bridgehead atoms. The lowest BCUT2D eigenvalue weighted by molar-refractivity contribution is -0.139. The second-order valence-electron chi connectivity index (χ2n) is 5.66. The molecule has 3 rings (SSSR count). The summed E-state index contributed by atoms with van der Waals surface area (Å²) >= 11 is 0. The molecule has 6 heteroatoms. The standard InChI is InChI=1S/C17H18N2O4/c1-11-5-6-12-3-2-4-14(16(12)18-11)17(22)19-7-8-23-10-13(19)9-15(20)21/h2-6,13H,7-10H2,1H3,(H,20,21)/t13-/m1/s1. The number of para-hydroxylation sites is 1. The van der Waals surface area contributed by atoms with Gasteiger partial charge in [-0.1, -0.05) is 18.2 Å². The molecule has 2 heterocycles. The average Bonchev–Trinajstić information content (AvgIpc) is 2.53. The number of carbonyl (C=O) groups excluding carboxylic acids is 1. The van der Waals surface area contributed by atoms with Gasteiger partial charge >= 0.3 is 5.97 Å². The number of rotatable bonds is 3.